The van der Waals surface area contributed by atoms with Crippen molar-refractivity contribution >= 4 is 51.8 Å². The number of aliphatic hydroxyl groups is 1. The Labute approximate surface area is 243 Å². The molecule has 0 fully saturated rings. The van der Waals surface area contributed by atoms with E-state index >= 15 is 0 Å². The van der Waals surface area contributed by atoms with Gasteiger partial charge in [-0.15, -0.1) is 0 Å². The maximum absolute atomic E-state index is 13.2. The van der Waals surface area contributed by atoms with Gasteiger partial charge in [0.1, 0.15) is 5.75 Å². The van der Waals surface area contributed by atoms with Gasteiger partial charge in [0.2, 0.25) is 0 Å². The summed E-state index contributed by atoms with van der Waals surface area (Å²) < 4.78 is 5.29. The number of methoxy groups -OCH3 is 1. The van der Waals surface area contributed by atoms with Crippen LogP contribution in [-0.2, 0) is 4.79 Å². The van der Waals surface area contributed by atoms with Crippen LogP contribution in [0.4, 0.5) is 17.3 Å². The van der Waals surface area contributed by atoms with Crippen molar-refractivity contribution in [3.8, 4) is 5.75 Å². The molecule has 10 nitrogen and oxygen atoms in total. The van der Waals surface area contributed by atoms with Crippen LogP contribution >= 0.6 is 11.6 Å². The van der Waals surface area contributed by atoms with Crippen molar-refractivity contribution in [3.05, 3.63) is 82.9 Å². The van der Waals surface area contributed by atoms with Gasteiger partial charge in [-0.1, -0.05) is 49.7 Å². The van der Waals surface area contributed by atoms with Crippen LogP contribution in [0, 0.1) is 0 Å². The van der Waals surface area contributed by atoms with Gasteiger partial charge in [0.15, 0.2) is 17.7 Å². The Bertz CT molecular complexity index is 1530. The number of hydrogen-bond acceptors (Lipinski definition) is 8. The van der Waals surface area contributed by atoms with Gasteiger partial charge in [-0.25, -0.2) is 9.97 Å². The molecule has 0 bridgehead atoms. The van der Waals surface area contributed by atoms with E-state index in [9.17, 15) is 14.7 Å². The molecular weight excluding hydrogens is 544 g/mol. The predicted molar refractivity (Wildman–Crippen MR) is 161 cm³/mol. The van der Waals surface area contributed by atoms with Crippen molar-refractivity contribution in [2.45, 2.75) is 20.0 Å². The van der Waals surface area contributed by atoms with Gasteiger partial charge in [-0.3, -0.25) is 9.59 Å². The molecule has 0 aliphatic rings. The SMILES string of the molecule is CCN(CC)CCNC(=O)c1cccc(C(O)C(=O)Nc2nc3ccccc3nc2Nc2cc(OC)ccc2Cl)c1. The Kier molecular flexibility index (Phi) is 10.1. The number of fused-ring (bicyclic) bond motifs is 1. The van der Waals surface area contributed by atoms with E-state index in [1.54, 1.807) is 55.6 Å². The zero-order valence-corrected chi connectivity index (χ0v) is 23.9. The highest BCUT2D eigenvalue weighted by atomic mass is 35.5. The topological polar surface area (TPSA) is 129 Å². The minimum Gasteiger partial charge on any atom is -0.497 e. The molecule has 3 aromatic carbocycles. The summed E-state index contributed by atoms with van der Waals surface area (Å²) in [5.74, 6) is -0.136. The monoisotopic (exact) mass is 576 g/mol. The number of aliphatic hydroxyl groups excluding tert-OH is 1. The summed E-state index contributed by atoms with van der Waals surface area (Å²) in [5.41, 5.74) is 2.23. The number of para-hydroxylation sites is 2. The largest absolute Gasteiger partial charge is 0.497 e. The van der Waals surface area contributed by atoms with Crippen LogP contribution in [0.3, 0.4) is 0 Å². The second-order valence-electron chi connectivity index (χ2n) is 9.18. The molecular formula is C30H33ClN6O4. The van der Waals surface area contributed by atoms with Crippen LogP contribution in [0.5, 0.6) is 5.75 Å². The summed E-state index contributed by atoms with van der Waals surface area (Å²) in [6.45, 7) is 7.15. The Hall–Kier alpha value is -4.25. The third-order valence-corrected chi connectivity index (χ3v) is 6.89. The molecule has 214 valence electrons. The zero-order chi connectivity index (χ0) is 29.4. The van der Waals surface area contributed by atoms with Gasteiger partial charge in [0.25, 0.3) is 11.8 Å². The number of likely N-dealkylation sites (N-methyl/N-ethyl adjacent to an activating group) is 1. The average molecular weight is 577 g/mol. The molecule has 4 N–H and O–H groups in total. The van der Waals surface area contributed by atoms with E-state index in [1.807, 2.05) is 12.1 Å². The third kappa shape index (κ3) is 7.49. The molecule has 1 unspecified atom stereocenters. The number of aromatic nitrogens is 2. The summed E-state index contributed by atoms with van der Waals surface area (Å²) >= 11 is 6.38. The maximum Gasteiger partial charge on any atom is 0.259 e. The lowest BCUT2D eigenvalue weighted by atomic mass is 10.0. The van der Waals surface area contributed by atoms with Crippen molar-refractivity contribution in [2.24, 2.45) is 0 Å². The minimum atomic E-state index is -1.57. The molecule has 0 saturated carbocycles. The summed E-state index contributed by atoms with van der Waals surface area (Å²) in [6.07, 6.45) is -1.57. The van der Waals surface area contributed by atoms with Crippen LogP contribution in [0.2, 0.25) is 5.02 Å². The first kappa shape index (κ1) is 29.7. The molecule has 0 aliphatic heterocycles. The number of halogens is 1. The van der Waals surface area contributed by atoms with E-state index < -0.39 is 12.0 Å². The summed E-state index contributed by atoms with van der Waals surface area (Å²) in [4.78, 5) is 37.3. The molecule has 11 heteroatoms. The number of benzene rings is 3. The number of anilines is 3. The quantitative estimate of drug-likeness (QED) is 0.190. The Morgan fingerprint density at radius 1 is 0.976 bits per heavy atom. The summed E-state index contributed by atoms with van der Waals surface area (Å²) in [7, 11) is 1.54. The molecule has 4 aromatic rings. The van der Waals surface area contributed by atoms with E-state index in [-0.39, 0.29) is 23.1 Å². The fourth-order valence-corrected chi connectivity index (χ4v) is 4.35. The van der Waals surface area contributed by atoms with E-state index in [1.165, 1.54) is 6.07 Å². The van der Waals surface area contributed by atoms with E-state index in [0.29, 0.717) is 39.6 Å². The average Bonchev–Trinajstić information content (AvgIpc) is 3.00. The van der Waals surface area contributed by atoms with Crippen molar-refractivity contribution in [3.63, 3.8) is 0 Å². The van der Waals surface area contributed by atoms with E-state index in [2.05, 4.69) is 44.7 Å². The number of hydrogen-bond donors (Lipinski definition) is 4. The maximum atomic E-state index is 13.2. The molecule has 41 heavy (non-hydrogen) atoms. The zero-order valence-electron chi connectivity index (χ0n) is 23.1. The van der Waals surface area contributed by atoms with Gasteiger partial charge in [0, 0.05) is 24.7 Å². The second kappa shape index (κ2) is 13.9. The van der Waals surface area contributed by atoms with Crippen LogP contribution in [0.25, 0.3) is 11.0 Å². The fraction of sp³-hybridized carbons (Fsp3) is 0.267. The first-order chi connectivity index (χ1) is 19.8. The van der Waals surface area contributed by atoms with Gasteiger partial charge < -0.3 is 30.7 Å². The molecule has 1 aromatic heterocycles. The number of nitrogens with one attached hydrogen (secondary N) is 3. The molecule has 0 aliphatic carbocycles. The number of rotatable bonds is 12. The van der Waals surface area contributed by atoms with Crippen LogP contribution < -0.4 is 20.7 Å². The van der Waals surface area contributed by atoms with Gasteiger partial charge in [-0.2, -0.15) is 0 Å². The van der Waals surface area contributed by atoms with Crippen molar-refractivity contribution in [1.29, 1.82) is 0 Å². The Morgan fingerprint density at radius 3 is 2.37 bits per heavy atom. The second-order valence-corrected chi connectivity index (χ2v) is 9.59. The Balaban J connectivity index is 1.54. The lowest BCUT2D eigenvalue weighted by molar-refractivity contribution is -0.124. The highest BCUT2D eigenvalue weighted by Gasteiger charge is 2.22. The first-order valence-electron chi connectivity index (χ1n) is 13.3. The van der Waals surface area contributed by atoms with Crippen molar-refractivity contribution in [2.75, 3.05) is 43.9 Å². The van der Waals surface area contributed by atoms with E-state index in [4.69, 9.17) is 16.3 Å². The minimum absolute atomic E-state index is 0.0944. The predicted octanol–water partition coefficient (Wildman–Crippen LogP) is 4.78. The number of amides is 2. The molecule has 0 spiro atoms. The molecule has 2 amide bonds. The smallest absolute Gasteiger partial charge is 0.259 e. The van der Waals surface area contributed by atoms with Gasteiger partial charge in [0.05, 0.1) is 28.9 Å². The number of ether oxygens (including phenoxy) is 1. The van der Waals surface area contributed by atoms with E-state index in [0.717, 1.165) is 19.6 Å². The molecule has 4 rings (SSSR count). The van der Waals surface area contributed by atoms with Gasteiger partial charge >= 0.3 is 0 Å². The standard InChI is InChI=1S/C30H33ClN6O4/c1-4-37(5-2)16-15-32-29(39)20-10-8-9-19(17-20)26(38)30(40)36-28-27(33-23-11-6-7-12-24(23)34-28)35-25-18-21(41-3)13-14-22(25)31/h6-14,17-18,26,38H,4-5,15-16H2,1-3H3,(H,32,39)(H,33,35)(H,34,36,40). The number of carbonyl (C=O) groups is 2. The lowest BCUT2D eigenvalue weighted by Crippen LogP contribution is -2.34. The summed E-state index contributed by atoms with van der Waals surface area (Å²) in [5, 5.41) is 20.0. The molecule has 0 saturated heterocycles. The summed E-state index contributed by atoms with van der Waals surface area (Å²) in [6, 6.07) is 18.6. The van der Waals surface area contributed by atoms with Crippen LogP contribution in [0.1, 0.15) is 35.9 Å². The van der Waals surface area contributed by atoms with Crippen LogP contribution in [-0.4, -0.2) is 65.1 Å². The first-order valence-corrected chi connectivity index (χ1v) is 13.7. The van der Waals surface area contributed by atoms with Crippen LogP contribution in [0.15, 0.2) is 66.7 Å². The lowest BCUT2D eigenvalue weighted by Gasteiger charge is -2.18. The molecule has 1 atom stereocenters. The van der Waals surface area contributed by atoms with Crippen molar-refractivity contribution < 1.29 is 19.4 Å². The molecule has 0 radical (unpaired) electrons. The van der Waals surface area contributed by atoms with Crippen molar-refractivity contribution in [1.82, 2.24) is 20.2 Å². The number of carbonyl (C=O) groups excluding carboxylic acids is 2. The van der Waals surface area contributed by atoms with Gasteiger partial charge in [-0.05, 0) is 55.1 Å². The highest BCUT2D eigenvalue weighted by Crippen LogP contribution is 2.32. The Morgan fingerprint density at radius 2 is 1.68 bits per heavy atom. The molecule has 1 heterocycles. The highest BCUT2D eigenvalue weighted by molar-refractivity contribution is 6.33. The fourth-order valence-electron chi connectivity index (χ4n) is 4.18. The third-order valence-electron chi connectivity index (χ3n) is 6.56. The number of nitrogens with zero attached hydrogens (tertiary/aromatic N) is 3. The normalized spacial score (nSPS) is 11.8.